The van der Waals surface area contributed by atoms with Gasteiger partial charge in [0.15, 0.2) is 7.28 Å². The van der Waals surface area contributed by atoms with E-state index in [1.807, 2.05) is 0 Å². The summed E-state index contributed by atoms with van der Waals surface area (Å²) >= 11 is 0. The van der Waals surface area contributed by atoms with Crippen molar-refractivity contribution in [3.63, 3.8) is 0 Å². The number of hydrogen-bond donors (Lipinski definition) is 0. The molecule has 1 aromatic carbocycles. The van der Waals surface area contributed by atoms with Crippen LogP contribution >= 0.6 is 0 Å². The van der Waals surface area contributed by atoms with Crippen LogP contribution in [0, 0.1) is 5.92 Å². The third-order valence-electron chi connectivity index (χ3n) is 5.94. The molecule has 0 saturated heterocycles. The molecule has 1 saturated carbocycles. The van der Waals surface area contributed by atoms with Gasteiger partial charge in [0, 0.05) is 0 Å². The first-order chi connectivity index (χ1) is 10.1. The molecule has 113 valence electrons. The Balaban J connectivity index is 1.63. The van der Waals surface area contributed by atoms with E-state index < -0.39 is 0 Å². The summed E-state index contributed by atoms with van der Waals surface area (Å²) in [5.74, 6) is 1.73. The van der Waals surface area contributed by atoms with Crippen LogP contribution in [0.25, 0.3) is 0 Å². The Morgan fingerprint density at radius 1 is 1.19 bits per heavy atom. The summed E-state index contributed by atoms with van der Waals surface area (Å²) in [6, 6.07) is 7.24. The molecule has 1 heteroatoms. The maximum atomic E-state index is 2.50. The van der Waals surface area contributed by atoms with Gasteiger partial charge in [-0.25, -0.2) is 0 Å². The zero-order valence-corrected chi connectivity index (χ0v) is 14.1. The molecule has 0 amide bonds. The molecule has 1 heterocycles. The van der Waals surface area contributed by atoms with Gasteiger partial charge in [-0.2, -0.15) is 0 Å². The summed E-state index contributed by atoms with van der Waals surface area (Å²) in [6.45, 7) is 7.19. The van der Waals surface area contributed by atoms with Gasteiger partial charge >= 0.3 is 0 Å². The highest BCUT2D eigenvalue weighted by atomic mass is 14.3. The fourth-order valence-corrected chi connectivity index (χ4v) is 4.25. The van der Waals surface area contributed by atoms with Crippen molar-refractivity contribution in [3.05, 3.63) is 29.3 Å². The van der Waals surface area contributed by atoms with Crippen LogP contribution in [0.5, 0.6) is 0 Å². The Kier molecular flexibility index (Phi) is 4.47. The second-order valence-electron chi connectivity index (χ2n) is 8.12. The zero-order valence-electron chi connectivity index (χ0n) is 14.1. The lowest BCUT2D eigenvalue weighted by Crippen LogP contribution is -2.16. The van der Waals surface area contributed by atoms with Crippen molar-refractivity contribution in [2.75, 3.05) is 0 Å². The molecular formula is C20H30B. The van der Waals surface area contributed by atoms with Crippen LogP contribution in [-0.2, 0) is 5.41 Å². The lowest BCUT2D eigenvalue weighted by atomic mass is 9.69. The Hall–Kier alpha value is -0.715. The van der Waals surface area contributed by atoms with Crippen molar-refractivity contribution >= 4 is 12.7 Å². The second-order valence-corrected chi connectivity index (χ2v) is 8.12. The number of fused-ring (bicyclic) bond motifs is 1. The number of rotatable bonds is 4. The molecule has 21 heavy (non-hydrogen) atoms. The van der Waals surface area contributed by atoms with E-state index in [1.165, 1.54) is 56.7 Å². The average Bonchev–Trinajstić information content (AvgIpc) is 2.81. The van der Waals surface area contributed by atoms with Crippen LogP contribution in [-0.4, -0.2) is 7.28 Å². The smallest absolute Gasteiger partial charge is 0.0841 e. The first-order valence-electron chi connectivity index (χ1n) is 9.04. The van der Waals surface area contributed by atoms with Crippen molar-refractivity contribution in [1.82, 2.24) is 0 Å². The molecule has 1 atom stereocenters. The summed E-state index contributed by atoms with van der Waals surface area (Å²) in [6.07, 6.45) is 11.4. The van der Waals surface area contributed by atoms with Crippen molar-refractivity contribution in [2.24, 2.45) is 5.92 Å². The van der Waals surface area contributed by atoms with Crippen LogP contribution in [0.15, 0.2) is 18.2 Å². The standard InChI is InChI=1S/C20H30B/c1-15(9-10-16-7-5-4-6-8-16)17-11-12-19-18(13-17)20(2,3)14-21-19/h11-13,15-16H,4-10,14H2,1-3H3. The maximum absolute atomic E-state index is 2.50. The minimum Gasteiger partial charge on any atom is -0.0841 e. The van der Waals surface area contributed by atoms with Crippen molar-refractivity contribution < 1.29 is 0 Å². The Morgan fingerprint density at radius 3 is 2.71 bits per heavy atom. The molecular weight excluding hydrogens is 251 g/mol. The van der Waals surface area contributed by atoms with Gasteiger partial charge in [-0.3, -0.25) is 0 Å². The zero-order chi connectivity index (χ0) is 14.9. The molecule has 2 aliphatic rings. The number of benzene rings is 1. The molecule has 0 nitrogen and oxygen atoms in total. The van der Waals surface area contributed by atoms with E-state index in [1.54, 1.807) is 11.1 Å². The van der Waals surface area contributed by atoms with E-state index in [9.17, 15) is 0 Å². The largest absolute Gasteiger partial charge is 0.152 e. The van der Waals surface area contributed by atoms with Crippen LogP contribution in [0.4, 0.5) is 0 Å². The average molecular weight is 281 g/mol. The van der Waals surface area contributed by atoms with Gasteiger partial charge in [0.2, 0.25) is 0 Å². The Labute approximate surface area is 132 Å². The predicted octanol–water partition coefficient (Wildman–Crippen LogP) is 5.19. The summed E-state index contributed by atoms with van der Waals surface area (Å²) in [5, 5.41) is 0. The lowest BCUT2D eigenvalue weighted by Gasteiger charge is -2.24. The van der Waals surface area contributed by atoms with Gasteiger partial charge in [-0.05, 0) is 41.2 Å². The summed E-state index contributed by atoms with van der Waals surface area (Å²) in [4.78, 5) is 0. The molecule has 0 spiro atoms. The van der Waals surface area contributed by atoms with E-state index in [4.69, 9.17) is 0 Å². The molecule has 1 unspecified atom stereocenters. The summed E-state index contributed by atoms with van der Waals surface area (Å²) in [7, 11) is 2.41. The van der Waals surface area contributed by atoms with E-state index in [2.05, 4.69) is 46.2 Å². The minimum absolute atomic E-state index is 0.342. The lowest BCUT2D eigenvalue weighted by molar-refractivity contribution is 0.325. The van der Waals surface area contributed by atoms with E-state index in [0.29, 0.717) is 11.3 Å². The van der Waals surface area contributed by atoms with Crippen molar-refractivity contribution in [2.45, 2.75) is 83.4 Å². The fourth-order valence-electron chi connectivity index (χ4n) is 4.25. The molecule has 1 aliphatic carbocycles. The van der Waals surface area contributed by atoms with Crippen LogP contribution < -0.4 is 5.46 Å². The molecule has 0 aromatic heterocycles. The maximum Gasteiger partial charge on any atom is 0.152 e. The topological polar surface area (TPSA) is 0 Å². The van der Waals surface area contributed by atoms with Gasteiger partial charge in [0.05, 0.1) is 0 Å². The molecule has 0 bridgehead atoms. The van der Waals surface area contributed by atoms with E-state index >= 15 is 0 Å². The third kappa shape index (κ3) is 3.38. The van der Waals surface area contributed by atoms with Crippen LogP contribution in [0.2, 0.25) is 6.32 Å². The highest BCUT2D eigenvalue weighted by molar-refractivity contribution is 6.56. The third-order valence-corrected chi connectivity index (χ3v) is 5.94. The minimum atomic E-state index is 0.342. The van der Waals surface area contributed by atoms with Crippen LogP contribution in [0.3, 0.4) is 0 Å². The Bertz CT molecular complexity index is 483. The molecule has 3 rings (SSSR count). The SMILES string of the molecule is CC(CCC1CCCCC1)c1ccc2c(c1)C(C)(C)C[B]2. The highest BCUT2D eigenvalue weighted by Gasteiger charge is 2.30. The van der Waals surface area contributed by atoms with Gasteiger partial charge in [-0.1, -0.05) is 82.9 Å². The van der Waals surface area contributed by atoms with E-state index in [-0.39, 0.29) is 0 Å². The second kappa shape index (κ2) is 6.19. The molecule has 1 radical (unpaired) electrons. The monoisotopic (exact) mass is 281 g/mol. The summed E-state index contributed by atoms with van der Waals surface area (Å²) < 4.78 is 0. The van der Waals surface area contributed by atoms with Crippen LogP contribution in [0.1, 0.15) is 82.8 Å². The predicted molar refractivity (Wildman–Crippen MR) is 93.9 cm³/mol. The quantitative estimate of drug-likeness (QED) is 0.666. The normalized spacial score (nSPS) is 22.6. The fraction of sp³-hybridized carbons (Fsp3) is 0.700. The molecule has 1 fully saturated rings. The highest BCUT2D eigenvalue weighted by Crippen LogP contribution is 2.35. The van der Waals surface area contributed by atoms with Crippen molar-refractivity contribution in [1.29, 1.82) is 0 Å². The van der Waals surface area contributed by atoms with Gasteiger partial charge < -0.3 is 0 Å². The molecule has 1 aliphatic heterocycles. The van der Waals surface area contributed by atoms with Gasteiger partial charge in [0.1, 0.15) is 0 Å². The number of hydrogen-bond acceptors (Lipinski definition) is 0. The van der Waals surface area contributed by atoms with Crippen molar-refractivity contribution in [3.8, 4) is 0 Å². The molecule has 0 N–H and O–H groups in total. The Morgan fingerprint density at radius 2 is 1.95 bits per heavy atom. The van der Waals surface area contributed by atoms with Gasteiger partial charge in [0.25, 0.3) is 0 Å². The molecule has 1 aromatic rings. The first-order valence-corrected chi connectivity index (χ1v) is 9.04. The summed E-state index contributed by atoms with van der Waals surface area (Å²) in [5.41, 5.74) is 4.95. The van der Waals surface area contributed by atoms with E-state index in [0.717, 1.165) is 5.92 Å². The first kappa shape index (κ1) is 15.2. The van der Waals surface area contributed by atoms with Gasteiger partial charge in [-0.15, -0.1) is 0 Å².